The number of amides is 1. The standard InChI is InChI=1S/C33H31N5O3.C2H4O2/c1-40-30-19-26(13-16-29(30)41-21-23-9-10-24-8-5-17-36-28(24)18-23)31(33(39)37-20-22-6-3-2-4-7-22)38-27-14-11-25(12-15-27)32(34)35;1-2(3)4/h2-19,31,38H,20-21H2,1H3,(H3,34,35)(H,37,39);1H3,(H,3,4)/t31-;/m1./s1. The molecule has 0 spiro atoms. The normalized spacial score (nSPS) is 11.0. The highest BCUT2D eigenvalue weighted by molar-refractivity contribution is 5.95. The molecule has 0 aliphatic heterocycles. The lowest BCUT2D eigenvalue weighted by molar-refractivity contribution is -0.134. The molecular weight excluding hydrogens is 570 g/mol. The molecule has 6 N–H and O–H groups in total. The highest BCUT2D eigenvalue weighted by atomic mass is 16.5. The minimum Gasteiger partial charge on any atom is -0.493 e. The lowest BCUT2D eigenvalue weighted by Crippen LogP contribution is -2.33. The van der Waals surface area contributed by atoms with E-state index in [1.807, 2.05) is 72.8 Å². The summed E-state index contributed by atoms with van der Waals surface area (Å²) in [6, 6.07) is 31.5. The molecule has 0 aliphatic carbocycles. The quantitative estimate of drug-likeness (QED) is 0.0952. The average molecular weight is 606 g/mol. The minimum absolute atomic E-state index is 0.0195. The molecule has 0 fully saturated rings. The molecule has 0 saturated carbocycles. The molecule has 1 heterocycles. The fourth-order valence-corrected chi connectivity index (χ4v) is 4.45. The van der Waals surface area contributed by atoms with Crippen molar-refractivity contribution in [3.63, 3.8) is 0 Å². The molecule has 0 aliphatic rings. The summed E-state index contributed by atoms with van der Waals surface area (Å²) in [6.07, 6.45) is 1.77. The fourth-order valence-electron chi connectivity index (χ4n) is 4.45. The molecule has 4 aromatic carbocycles. The molecule has 5 aromatic rings. The Labute approximate surface area is 261 Å². The number of nitrogens with two attached hydrogens (primary N) is 1. The Hall–Kier alpha value is -5.90. The molecule has 1 amide bonds. The van der Waals surface area contributed by atoms with E-state index in [-0.39, 0.29) is 11.7 Å². The van der Waals surface area contributed by atoms with Crippen molar-refractivity contribution >= 4 is 34.3 Å². The van der Waals surface area contributed by atoms with Crippen LogP contribution in [0.25, 0.3) is 10.9 Å². The summed E-state index contributed by atoms with van der Waals surface area (Å²) in [6.45, 7) is 1.81. The van der Waals surface area contributed by atoms with Gasteiger partial charge in [0, 0.05) is 36.3 Å². The summed E-state index contributed by atoms with van der Waals surface area (Å²) in [4.78, 5) is 26.9. The minimum atomic E-state index is -0.833. The number of amidine groups is 1. The van der Waals surface area contributed by atoms with E-state index in [0.717, 1.165) is 29.0 Å². The van der Waals surface area contributed by atoms with Gasteiger partial charge in [-0.05, 0) is 65.2 Å². The molecule has 0 saturated heterocycles. The molecule has 10 heteroatoms. The number of carbonyl (C=O) groups excluding carboxylic acids is 1. The van der Waals surface area contributed by atoms with Gasteiger partial charge in [0.05, 0.1) is 12.6 Å². The monoisotopic (exact) mass is 605 g/mol. The van der Waals surface area contributed by atoms with Gasteiger partial charge in [-0.1, -0.05) is 54.6 Å². The molecule has 1 atom stereocenters. The first-order valence-electron chi connectivity index (χ1n) is 14.1. The third-order valence-corrected chi connectivity index (χ3v) is 6.66. The number of hydrogen-bond acceptors (Lipinski definition) is 7. The van der Waals surface area contributed by atoms with E-state index in [1.54, 1.807) is 43.6 Å². The van der Waals surface area contributed by atoms with Crippen molar-refractivity contribution in [2.75, 3.05) is 12.4 Å². The van der Waals surface area contributed by atoms with Crippen LogP contribution >= 0.6 is 0 Å². The lowest BCUT2D eigenvalue weighted by Gasteiger charge is -2.22. The predicted octanol–water partition coefficient (Wildman–Crippen LogP) is 5.67. The second-order valence-corrected chi connectivity index (χ2v) is 10.0. The van der Waals surface area contributed by atoms with Crippen LogP contribution in [0.15, 0.2) is 109 Å². The van der Waals surface area contributed by atoms with Crippen LogP contribution in [0, 0.1) is 5.41 Å². The van der Waals surface area contributed by atoms with Crippen molar-refractivity contribution in [2.45, 2.75) is 26.1 Å². The maximum absolute atomic E-state index is 13.5. The number of pyridine rings is 1. The largest absolute Gasteiger partial charge is 0.493 e. The average Bonchev–Trinajstić information content (AvgIpc) is 3.05. The first kappa shape index (κ1) is 32.0. The van der Waals surface area contributed by atoms with Gasteiger partial charge in [-0.3, -0.25) is 20.0 Å². The highest BCUT2D eigenvalue weighted by Crippen LogP contribution is 2.32. The molecule has 230 valence electrons. The lowest BCUT2D eigenvalue weighted by atomic mass is 10.0. The van der Waals surface area contributed by atoms with E-state index < -0.39 is 12.0 Å². The summed E-state index contributed by atoms with van der Waals surface area (Å²) in [5.41, 5.74) is 10.5. The summed E-state index contributed by atoms with van der Waals surface area (Å²) in [7, 11) is 1.57. The van der Waals surface area contributed by atoms with Gasteiger partial charge in [0.25, 0.3) is 5.97 Å². The molecule has 45 heavy (non-hydrogen) atoms. The first-order valence-corrected chi connectivity index (χ1v) is 14.1. The number of nitrogen functional groups attached to an aromatic ring is 1. The zero-order valence-electron chi connectivity index (χ0n) is 25.0. The number of methoxy groups -OCH3 is 1. The van der Waals surface area contributed by atoms with Crippen LogP contribution in [0.5, 0.6) is 11.5 Å². The van der Waals surface area contributed by atoms with Gasteiger partial charge < -0.3 is 30.9 Å². The van der Waals surface area contributed by atoms with Gasteiger partial charge in [-0.15, -0.1) is 0 Å². The summed E-state index contributed by atoms with van der Waals surface area (Å²) in [5, 5.41) is 22.5. The molecule has 1 aromatic heterocycles. The van der Waals surface area contributed by atoms with Crippen molar-refractivity contribution in [1.82, 2.24) is 10.3 Å². The van der Waals surface area contributed by atoms with Crippen molar-refractivity contribution < 1.29 is 24.2 Å². The third kappa shape index (κ3) is 9.29. The van der Waals surface area contributed by atoms with Crippen molar-refractivity contribution in [2.24, 2.45) is 5.73 Å². The number of carboxylic acids is 1. The Morgan fingerprint density at radius 1 is 0.911 bits per heavy atom. The second-order valence-electron chi connectivity index (χ2n) is 10.0. The summed E-state index contributed by atoms with van der Waals surface area (Å²) < 4.78 is 11.8. The molecule has 0 radical (unpaired) electrons. The summed E-state index contributed by atoms with van der Waals surface area (Å²) in [5.74, 6) is 0.0143. The van der Waals surface area contributed by atoms with E-state index in [9.17, 15) is 4.79 Å². The van der Waals surface area contributed by atoms with E-state index in [1.165, 1.54) is 0 Å². The molecule has 5 rings (SSSR count). The van der Waals surface area contributed by atoms with Crippen LogP contribution < -0.4 is 25.8 Å². The van der Waals surface area contributed by atoms with Gasteiger partial charge >= 0.3 is 0 Å². The maximum atomic E-state index is 13.5. The third-order valence-electron chi connectivity index (χ3n) is 6.66. The zero-order chi connectivity index (χ0) is 32.2. The number of carbonyl (C=O) groups is 2. The number of rotatable bonds is 11. The fraction of sp³-hybridized carbons (Fsp3) is 0.143. The second kappa shape index (κ2) is 15.5. The zero-order valence-corrected chi connectivity index (χ0v) is 25.0. The number of carboxylic acid groups (broad SMARTS) is 1. The molecule has 0 bridgehead atoms. The highest BCUT2D eigenvalue weighted by Gasteiger charge is 2.22. The number of benzene rings is 4. The Morgan fingerprint density at radius 2 is 1.64 bits per heavy atom. The number of fused-ring (bicyclic) bond motifs is 1. The van der Waals surface area contributed by atoms with E-state index in [4.69, 9.17) is 30.5 Å². The van der Waals surface area contributed by atoms with Gasteiger partial charge in [-0.25, -0.2) is 0 Å². The number of nitrogens with zero attached hydrogens (tertiary/aromatic N) is 1. The van der Waals surface area contributed by atoms with Crippen LogP contribution in [0.1, 0.15) is 35.2 Å². The topological polar surface area (TPSA) is 160 Å². The number of nitrogens with one attached hydrogen (secondary N) is 3. The van der Waals surface area contributed by atoms with Crippen LogP contribution in [0.2, 0.25) is 0 Å². The number of hydrogen-bond donors (Lipinski definition) is 5. The van der Waals surface area contributed by atoms with Crippen LogP contribution in [-0.4, -0.2) is 34.9 Å². The maximum Gasteiger partial charge on any atom is 0.300 e. The Bertz CT molecular complexity index is 1760. The summed E-state index contributed by atoms with van der Waals surface area (Å²) >= 11 is 0. The number of ether oxygens (including phenoxy) is 2. The predicted molar refractivity (Wildman–Crippen MR) is 174 cm³/mol. The molecule has 0 unspecified atom stereocenters. The number of aliphatic carboxylic acids is 1. The Kier molecular flexibility index (Phi) is 11.1. The van der Waals surface area contributed by atoms with Crippen molar-refractivity contribution in [1.29, 1.82) is 5.41 Å². The van der Waals surface area contributed by atoms with Gasteiger partial charge in [0.2, 0.25) is 5.91 Å². The first-order chi connectivity index (χ1) is 21.7. The van der Waals surface area contributed by atoms with E-state index >= 15 is 0 Å². The number of aromatic nitrogens is 1. The van der Waals surface area contributed by atoms with Gasteiger partial charge in [0.1, 0.15) is 18.5 Å². The van der Waals surface area contributed by atoms with E-state index in [2.05, 4.69) is 15.6 Å². The van der Waals surface area contributed by atoms with Crippen LogP contribution in [-0.2, 0) is 22.7 Å². The van der Waals surface area contributed by atoms with E-state index in [0.29, 0.717) is 41.5 Å². The molecule has 10 nitrogen and oxygen atoms in total. The Balaban J connectivity index is 0.00000109. The SMILES string of the molecule is CC(=O)O.COc1cc([C@@H](Nc2ccc(C(=N)N)cc2)C(=O)NCc2ccccc2)ccc1OCc1ccc2cccnc2c1. The molecular formula is C35H35N5O5. The van der Waals surface area contributed by atoms with Gasteiger partial charge in [0.15, 0.2) is 11.5 Å². The number of anilines is 1. The Morgan fingerprint density at radius 3 is 2.33 bits per heavy atom. The smallest absolute Gasteiger partial charge is 0.300 e. The van der Waals surface area contributed by atoms with Gasteiger partial charge in [-0.2, -0.15) is 0 Å². The van der Waals surface area contributed by atoms with Crippen molar-refractivity contribution in [3.8, 4) is 11.5 Å². The van der Waals surface area contributed by atoms with Crippen molar-refractivity contribution in [3.05, 3.63) is 132 Å². The van der Waals surface area contributed by atoms with Crippen LogP contribution in [0.3, 0.4) is 0 Å². The van der Waals surface area contributed by atoms with Crippen LogP contribution in [0.4, 0.5) is 5.69 Å².